The summed E-state index contributed by atoms with van der Waals surface area (Å²) in [6, 6.07) is 1.71. The maximum Gasteiger partial charge on any atom is 0.164 e. The molecule has 1 saturated heterocycles. The van der Waals surface area contributed by atoms with Crippen molar-refractivity contribution in [3.8, 4) is 0 Å². The molecule has 0 saturated carbocycles. The Morgan fingerprint density at radius 2 is 2.11 bits per heavy atom. The van der Waals surface area contributed by atoms with Crippen LogP contribution in [0.2, 0.25) is 0 Å². The zero-order valence-corrected chi connectivity index (χ0v) is 9.92. The van der Waals surface area contributed by atoms with Gasteiger partial charge in [0.1, 0.15) is 36.1 Å². The van der Waals surface area contributed by atoms with Gasteiger partial charge in [-0.1, -0.05) is 0 Å². The van der Waals surface area contributed by atoms with Crippen LogP contribution in [0.4, 0.5) is 5.82 Å². The highest BCUT2D eigenvalue weighted by atomic mass is 16.6. The summed E-state index contributed by atoms with van der Waals surface area (Å²) >= 11 is 0. The second-order valence-electron chi connectivity index (χ2n) is 4.45. The fourth-order valence-electron chi connectivity index (χ4n) is 2.31. The minimum absolute atomic E-state index is 0.329. The number of hydrogen-bond acceptors (Lipinski definition) is 7. The van der Waals surface area contributed by atoms with Crippen LogP contribution in [0.5, 0.6) is 0 Å². The molecular weight excluding hydrogens is 252 g/mol. The number of nitrogens with zero attached hydrogens (tertiary/aromatic N) is 3. The van der Waals surface area contributed by atoms with Crippen molar-refractivity contribution >= 4 is 16.9 Å². The van der Waals surface area contributed by atoms with Gasteiger partial charge in [0.25, 0.3) is 0 Å². The maximum atomic E-state index is 9.98. The third-order valence-corrected chi connectivity index (χ3v) is 3.33. The molecule has 1 fully saturated rings. The van der Waals surface area contributed by atoms with E-state index in [4.69, 9.17) is 15.6 Å². The van der Waals surface area contributed by atoms with E-state index in [2.05, 4.69) is 9.97 Å². The van der Waals surface area contributed by atoms with Gasteiger partial charge in [-0.25, -0.2) is 9.97 Å². The van der Waals surface area contributed by atoms with Gasteiger partial charge in [-0.3, -0.25) is 0 Å². The molecule has 0 amide bonds. The van der Waals surface area contributed by atoms with Gasteiger partial charge in [-0.2, -0.15) is 0 Å². The van der Waals surface area contributed by atoms with Crippen molar-refractivity contribution in [2.24, 2.45) is 0 Å². The highest BCUT2D eigenvalue weighted by Gasteiger charge is 2.43. The molecule has 0 aliphatic carbocycles. The average molecular weight is 266 g/mol. The lowest BCUT2D eigenvalue weighted by molar-refractivity contribution is -0.0508. The van der Waals surface area contributed by atoms with Gasteiger partial charge >= 0.3 is 0 Å². The smallest absolute Gasteiger partial charge is 0.164 e. The van der Waals surface area contributed by atoms with E-state index in [1.165, 1.54) is 6.33 Å². The summed E-state index contributed by atoms with van der Waals surface area (Å²) in [7, 11) is 0. The van der Waals surface area contributed by atoms with Crippen LogP contribution in [-0.4, -0.2) is 54.8 Å². The Balaban J connectivity index is 2.04. The van der Waals surface area contributed by atoms with Crippen molar-refractivity contribution in [3.63, 3.8) is 0 Å². The Labute approximate surface area is 108 Å². The molecule has 2 aromatic heterocycles. The standard InChI is InChI=1S/C11H14N4O4/c12-9-5-1-2-15(10(5)14-4-13-9)11-8(18)7(17)6(3-16)19-11/h1-2,4,6-8,11,16-18H,3H2,(H2,12,13,14)/t6-,7-,8+,11+/m1/s1. The molecule has 0 radical (unpaired) electrons. The van der Waals surface area contributed by atoms with Gasteiger partial charge in [0.15, 0.2) is 6.23 Å². The first-order valence-electron chi connectivity index (χ1n) is 5.83. The van der Waals surface area contributed by atoms with Gasteiger partial charge < -0.3 is 30.4 Å². The molecular formula is C11H14N4O4. The van der Waals surface area contributed by atoms with Crippen molar-refractivity contribution in [1.29, 1.82) is 0 Å². The normalized spacial score (nSPS) is 31.1. The molecule has 19 heavy (non-hydrogen) atoms. The Kier molecular flexibility index (Phi) is 2.86. The van der Waals surface area contributed by atoms with E-state index in [1.807, 2.05) is 0 Å². The molecule has 0 spiro atoms. The monoisotopic (exact) mass is 266 g/mol. The molecule has 0 aromatic carbocycles. The zero-order valence-electron chi connectivity index (χ0n) is 9.92. The first-order chi connectivity index (χ1) is 9.13. The molecule has 4 atom stereocenters. The molecule has 1 aliphatic heterocycles. The molecule has 0 bridgehead atoms. The lowest BCUT2D eigenvalue weighted by Crippen LogP contribution is -2.33. The van der Waals surface area contributed by atoms with E-state index in [9.17, 15) is 10.2 Å². The molecule has 5 N–H and O–H groups in total. The molecule has 102 valence electrons. The Morgan fingerprint density at radius 3 is 2.79 bits per heavy atom. The first-order valence-corrected chi connectivity index (χ1v) is 5.83. The van der Waals surface area contributed by atoms with Crippen molar-refractivity contribution in [2.75, 3.05) is 12.3 Å². The van der Waals surface area contributed by atoms with E-state index in [0.29, 0.717) is 16.9 Å². The topological polar surface area (TPSA) is 127 Å². The highest BCUT2D eigenvalue weighted by molar-refractivity contribution is 5.86. The maximum absolute atomic E-state index is 9.98. The quantitative estimate of drug-likeness (QED) is 0.528. The predicted octanol–water partition coefficient (Wildman–Crippen LogP) is -1.38. The number of aliphatic hydroxyl groups excluding tert-OH is 3. The second kappa shape index (κ2) is 4.42. The largest absolute Gasteiger partial charge is 0.394 e. The van der Waals surface area contributed by atoms with Crippen molar-refractivity contribution in [1.82, 2.24) is 14.5 Å². The number of aromatic nitrogens is 3. The summed E-state index contributed by atoms with van der Waals surface area (Å²) < 4.78 is 7.01. The molecule has 2 aromatic rings. The zero-order chi connectivity index (χ0) is 13.6. The lowest BCUT2D eigenvalue weighted by atomic mass is 10.1. The average Bonchev–Trinajstić information content (AvgIpc) is 2.94. The van der Waals surface area contributed by atoms with Crippen molar-refractivity contribution in [2.45, 2.75) is 24.5 Å². The van der Waals surface area contributed by atoms with E-state index in [1.54, 1.807) is 16.8 Å². The van der Waals surface area contributed by atoms with Gasteiger partial charge in [0.05, 0.1) is 12.0 Å². The van der Waals surface area contributed by atoms with Gasteiger partial charge in [-0.15, -0.1) is 0 Å². The second-order valence-corrected chi connectivity index (χ2v) is 4.45. The van der Waals surface area contributed by atoms with Crippen LogP contribution in [0, 0.1) is 0 Å². The first kappa shape index (κ1) is 12.3. The van der Waals surface area contributed by atoms with Crippen LogP contribution in [0.1, 0.15) is 6.23 Å². The van der Waals surface area contributed by atoms with Crippen molar-refractivity contribution < 1.29 is 20.1 Å². The fourth-order valence-corrected chi connectivity index (χ4v) is 2.31. The van der Waals surface area contributed by atoms with Crippen LogP contribution in [0.3, 0.4) is 0 Å². The number of nitrogen functional groups attached to an aromatic ring is 1. The molecule has 3 heterocycles. The Hall–Kier alpha value is -1.74. The molecule has 0 unspecified atom stereocenters. The Morgan fingerprint density at radius 1 is 1.32 bits per heavy atom. The molecule has 3 rings (SSSR count). The predicted molar refractivity (Wildman–Crippen MR) is 64.9 cm³/mol. The minimum Gasteiger partial charge on any atom is -0.394 e. The summed E-state index contributed by atoms with van der Waals surface area (Å²) in [5, 5.41) is 29.4. The van der Waals surface area contributed by atoms with Crippen LogP contribution < -0.4 is 5.73 Å². The van der Waals surface area contributed by atoms with Crippen molar-refractivity contribution in [3.05, 3.63) is 18.6 Å². The van der Waals surface area contributed by atoms with Crippen LogP contribution in [-0.2, 0) is 4.74 Å². The number of ether oxygens (including phenoxy) is 1. The summed E-state index contributed by atoms with van der Waals surface area (Å²) in [6.45, 7) is -0.370. The number of aliphatic hydroxyl groups is 3. The van der Waals surface area contributed by atoms with E-state index < -0.39 is 24.5 Å². The lowest BCUT2D eigenvalue weighted by Gasteiger charge is -2.17. The number of nitrogens with two attached hydrogens (primary N) is 1. The minimum atomic E-state index is -1.15. The number of fused-ring (bicyclic) bond motifs is 1. The van der Waals surface area contributed by atoms with E-state index in [0.717, 1.165) is 0 Å². The van der Waals surface area contributed by atoms with Gasteiger partial charge in [-0.05, 0) is 6.07 Å². The third-order valence-electron chi connectivity index (χ3n) is 3.33. The summed E-state index contributed by atoms with van der Waals surface area (Å²) in [4.78, 5) is 7.97. The summed E-state index contributed by atoms with van der Waals surface area (Å²) in [5.41, 5.74) is 6.23. The van der Waals surface area contributed by atoms with Crippen LogP contribution in [0.25, 0.3) is 11.0 Å². The summed E-state index contributed by atoms with van der Waals surface area (Å²) in [6.07, 6.45) is -0.975. The van der Waals surface area contributed by atoms with Gasteiger partial charge in [0.2, 0.25) is 0 Å². The number of anilines is 1. The fraction of sp³-hybridized carbons (Fsp3) is 0.455. The molecule has 1 aliphatic rings. The molecule has 8 heteroatoms. The van der Waals surface area contributed by atoms with Crippen LogP contribution in [0.15, 0.2) is 18.6 Å². The molecule has 8 nitrogen and oxygen atoms in total. The Bertz CT molecular complexity index is 601. The highest BCUT2D eigenvalue weighted by Crippen LogP contribution is 2.32. The van der Waals surface area contributed by atoms with Gasteiger partial charge in [0, 0.05) is 6.20 Å². The number of hydrogen-bond donors (Lipinski definition) is 4. The third kappa shape index (κ3) is 1.77. The summed E-state index contributed by atoms with van der Waals surface area (Å²) in [5.74, 6) is 0.329. The van der Waals surface area contributed by atoms with E-state index >= 15 is 0 Å². The van der Waals surface area contributed by atoms with Crippen LogP contribution >= 0.6 is 0 Å². The number of rotatable bonds is 2. The van der Waals surface area contributed by atoms with E-state index in [-0.39, 0.29) is 6.61 Å². The SMILES string of the molecule is Nc1ncnc2c1ccn2[C@H]1O[C@H](CO)[C@@H](O)[C@@H]1O.